The molecule has 1 amide bonds. The van der Waals surface area contributed by atoms with E-state index in [-0.39, 0.29) is 11.5 Å². The summed E-state index contributed by atoms with van der Waals surface area (Å²) in [5.41, 5.74) is 0.935. The Morgan fingerprint density at radius 2 is 1.97 bits per heavy atom. The highest BCUT2D eigenvalue weighted by molar-refractivity contribution is 6.33. The van der Waals surface area contributed by atoms with Crippen LogP contribution in [-0.4, -0.2) is 47.2 Å². The van der Waals surface area contributed by atoms with Gasteiger partial charge in [0.05, 0.1) is 16.1 Å². The fourth-order valence-electron chi connectivity index (χ4n) is 3.52. The van der Waals surface area contributed by atoms with Crippen LogP contribution in [0.2, 0.25) is 5.02 Å². The Morgan fingerprint density at radius 1 is 1.16 bits per heavy atom. The average molecular weight is 444 g/mol. The monoisotopic (exact) mass is 443 g/mol. The van der Waals surface area contributed by atoms with Crippen molar-refractivity contribution in [3.63, 3.8) is 0 Å². The Labute approximate surface area is 184 Å². The Kier molecular flexibility index (Phi) is 6.79. The van der Waals surface area contributed by atoms with Gasteiger partial charge in [-0.2, -0.15) is 0 Å². The number of benzene rings is 2. The summed E-state index contributed by atoms with van der Waals surface area (Å²) in [6, 6.07) is 11.0. The van der Waals surface area contributed by atoms with Crippen LogP contribution < -0.4 is 10.6 Å². The minimum absolute atomic E-state index is 0.0416. The van der Waals surface area contributed by atoms with Crippen molar-refractivity contribution in [2.75, 3.05) is 36.8 Å². The summed E-state index contributed by atoms with van der Waals surface area (Å²) in [5, 5.41) is 14.2. The zero-order valence-electron chi connectivity index (χ0n) is 16.9. The van der Waals surface area contributed by atoms with Gasteiger partial charge in [-0.25, -0.2) is 4.39 Å². The lowest BCUT2D eigenvalue weighted by Gasteiger charge is -2.13. The van der Waals surface area contributed by atoms with E-state index in [1.165, 1.54) is 44.1 Å². The van der Waals surface area contributed by atoms with Crippen LogP contribution in [0.5, 0.6) is 0 Å². The van der Waals surface area contributed by atoms with E-state index < -0.39 is 11.7 Å². The zero-order valence-corrected chi connectivity index (χ0v) is 17.7. The lowest BCUT2D eigenvalue weighted by atomic mass is 10.1. The maximum Gasteiger partial charge on any atom is 0.315 e. The van der Waals surface area contributed by atoms with Crippen LogP contribution >= 0.6 is 11.6 Å². The van der Waals surface area contributed by atoms with Gasteiger partial charge in [-0.05, 0) is 69.2 Å². The molecule has 162 valence electrons. The molecule has 1 aromatic heterocycles. The number of aromatic nitrogens is 2. The van der Waals surface area contributed by atoms with Crippen LogP contribution in [0.15, 0.2) is 46.9 Å². The maximum absolute atomic E-state index is 13.8. The topological polar surface area (TPSA) is 83.3 Å². The van der Waals surface area contributed by atoms with Crippen LogP contribution in [0.25, 0.3) is 11.5 Å². The fraction of sp³-hybridized carbons (Fsp3) is 0.318. The van der Waals surface area contributed by atoms with Crippen LogP contribution in [0.1, 0.15) is 29.6 Å². The molecular weight excluding hydrogens is 421 g/mol. The normalized spacial score (nSPS) is 14.0. The van der Waals surface area contributed by atoms with Gasteiger partial charge >= 0.3 is 6.01 Å². The highest BCUT2D eigenvalue weighted by atomic mass is 35.5. The van der Waals surface area contributed by atoms with E-state index in [0.717, 1.165) is 19.5 Å². The molecule has 1 aliphatic rings. The number of nitrogens with zero attached hydrogens (tertiary/aromatic N) is 3. The van der Waals surface area contributed by atoms with Crippen LogP contribution in [0.4, 0.5) is 16.1 Å². The number of halogens is 2. The van der Waals surface area contributed by atoms with Crippen LogP contribution in [0, 0.1) is 5.82 Å². The molecule has 0 unspecified atom stereocenters. The molecule has 0 spiro atoms. The predicted octanol–water partition coefficient (Wildman–Crippen LogP) is 4.68. The van der Waals surface area contributed by atoms with E-state index in [9.17, 15) is 9.18 Å². The fourth-order valence-corrected chi connectivity index (χ4v) is 3.78. The molecule has 4 rings (SSSR count). The number of carbonyl (C=O) groups is 1. The quantitative estimate of drug-likeness (QED) is 0.492. The Bertz CT molecular complexity index is 1050. The number of anilines is 2. The van der Waals surface area contributed by atoms with Gasteiger partial charge in [0.1, 0.15) is 5.82 Å². The second-order valence-corrected chi connectivity index (χ2v) is 7.78. The van der Waals surface area contributed by atoms with Gasteiger partial charge in [-0.15, -0.1) is 5.10 Å². The smallest absolute Gasteiger partial charge is 0.315 e. The van der Waals surface area contributed by atoms with Crippen molar-refractivity contribution in [2.24, 2.45) is 0 Å². The molecule has 0 bridgehead atoms. The lowest BCUT2D eigenvalue weighted by Crippen LogP contribution is -2.22. The molecule has 3 aromatic rings. The summed E-state index contributed by atoms with van der Waals surface area (Å²) in [7, 11) is 0. The van der Waals surface area contributed by atoms with Crippen LogP contribution in [-0.2, 0) is 0 Å². The molecular formula is C22H23ClFN5O2. The molecule has 1 saturated heterocycles. The SMILES string of the molecule is O=C(Nc1ccc(-c2nnc(NCCCN3CCCC3)o2)c(Cl)c1)c1ccccc1F. The molecule has 1 fully saturated rings. The Balaban J connectivity index is 1.34. The summed E-state index contributed by atoms with van der Waals surface area (Å²) in [6.45, 7) is 4.16. The molecule has 31 heavy (non-hydrogen) atoms. The van der Waals surface area contributed by atoms with E-state index in [2.05, 4.69) is 25.7 Å². The van der Waals surface area contributed by atoms with Gasteiger partial charge in [-0.1, -0.05) is 28.8 Å². The average Bonchev–Trinajstić information content (AvgIpc) is 3.44. The van der Waals surface area contributed by atoms with E-state index in [1.54, 1.807) is 24.3 Å². The van der Waals surface area contributed by atoms with Gasteiger partial charge in [0, 0.05) is 12.2 Å². The van der Waals surface area contributed by atoms with Crippen molar-refractivity contribution < 1.29 is 13.6 Å². The third-order valence-corrected chi connectivity index (χ3v) is 5.44. The highest BCUT2D eigenvalue weighted by Gasteiger charge is 2.15. The van der Waals surface area contributed by atoms with Gasteiger partial charge < -0.3 is 20.0 Å². The molecule has 0 radical (unpaired) electrons. The van der Waals surface area contributed by atoms with Crippen LogP contribution in [0.3, 0.4) is 0 Å². The van der Waals surface area contributed by atoms with Crippen molar-refractivity contribution in [1.82, 2.24) is 15.1 Å². The second-order valence-electron chi connectivity index (χ2n) is 7.37. The maximum atomic E-state index is 13.8. The van der Waals surface area contributed by atoms with Crippen molar-refractivity contribution in [3.8, 4) is 11.5 Å². The molecule has 2 N–H and O–H groups in total. The third-order valence-electron chi connectivity index (χ3n) is 5.13. The van der Waals surface area contributed by atoms with E-state index in [1.807, 2.05) is 0 Å². The minimum Gasteiger partial charge on any atom is -0.403 e. The van der Waals surface area contributed by atoms with Gasteiger partial charge in [0.25, 0.3) is 11.8 Å². The molecule has 9 heteroatoms. The van der Waals surface area contributed by atoms with Gasteiger partial charge in [0.15, 0.2) is 0 Å². The van der Waals surface area contributed by atoms with Gasteiger partial charge in [-0.3, -0.25) is 4.79 Å². The summed E-state index contributed by atoms with van der Waals surface area (Å²) >= 11 is 6.35. The van der Waals surface area contributed by atoms with E-state index in [4.69, 9.17) is 16.0 Å². The number of amides is 1. The predicted molar refractivity (Wildman–Crippen MR) is 118 cm³/mol. The molecule has 0 atom stereocenters. The lowest BCUT2D eigenvalue weighted by molar-refractivity contribution is 0.102. The largest absolute Gasteiger partial charge is 0.403 e. The van der Waals surface area contributed by atoms with E-state index >= 15 is 0 Å². The molecule has 0 saturated carbocycles. The van der Waals surface area contributed by atoms with Crippen molar-refractivity contribution >= 4 is 29.2 Å². The number of hydrogen-bond donors (Lipinski definition) is 2. The van der Waals surface area contributed by atoms with Gasteiger partial charge in [0.2, 0.25) is 0 Å². The molecule has 0 aliphatic carbocycles. The van der Waals surface area contributed by atoms with E-state index in [0.29, 0.717) is 22.3 Å². The number of nitrogens with one attached hydrogen (secondary N) is 2. The van der Waals surface area contributed by atoms with Crippen molar-refractivity contribution in [3.05, 3.63) is 58.9 Å². The standard InChI is InChI=1S/C22H23ClFN5O2/c23-18-14-15(26-20(30)17-6-1-2-7-19(17)24)8-9-16(18)21-27-28-22(31-21)25-10-5-13-29-11-3-4-12-29/h1-2,6-9,14H,3-5,10-13H2,(H,25,28)(H,26,30). The number of likely N-dealkylation sites (tertiary alicyclic amines) is 1. The summed E-state index contributed by atoms with van der Waals surface area (Å²) in [4.78, 5) is 14.7. The summed E-state index contributed by atoms with van der Waals surface area (Å²) < 4.78 is 19.4. The molecule has 7 nitrogen and oxygen atoms in total. The Morgan fingerprint density at radius 3 is 2.74 bits per heavy atom. The highest BCUT2D eigenvalue weighted by Crippen LogP contribution is 2.30. The first-order chi connectivity index (χ1) is 15.1. The second kappa shape index (κ2) is 9.89. The number of hydrogen-bond acceptors (Lipinski definition) is 6. The number of carbonyl (C=O) groups excluding carboxylic acids is 1. The number of rotatable bonds is 8. The first kappa shape index (κ1) is 21.3. The third kappa shape index (κ3) is 5.39. The van der Waals surface area contributed by atoms with Crippen molar-refractivity contribution in [1.29, 1.82) is 0 Å². The summed E-state index contributed by atoms with van der Waals surface area (Å²) in [6.07, 6.45) is 3.56. The zero-order chi connectivity index (χ0) is 21.6. The first-order valence-corrected chi connectivity index (χ1v) is 10.6. The Hall–Kier alpha value is -2.97. The molecule has 2 heterocycles. The minimum atomic E-state index is -0.589. The summed E-state index contributed by atoms with van der Waals surface area (Å²) in [5.74, 6) is -0.867. The molecule has 1 aliphatic heterocycles. The van der Waals surface area contributed by atoms with Crippen molar-refractivity contribution in [2.45, 2.75) is 19.3 Å². The first-order valence-electron chi connectivity index (χ1n) is 10.3. The molecule has 2 aromatic carbocycles.